The van der Waals surface area contributed by atoms with Crippen molar-refractivity contribution >= 4 is 0 Å². The molecule has 1 aliphatic carbocycles. The summed E-state index contributed by atoms with van der Waals surface area (Å²) in [6.07, 6.45) is 2.60. The molecular formula is C16H32N2O. The van der Waals surface area contributed by atoms with Gasteiger partial charge in [-0.05, 0) is 53.0 Å². The Labute approximate surface area is 119 Å². The van der Waals surface area contributed by atoms with Crippen LogP contribution in [-0.4, -0.2) is 48.3 Å². The highest BCUT2D eigenvalue weighted by Crippen LogP contribution is 2.42. The van der Waals surface area contributed by atoms with Crippen molar-refractivity contribution in [3.05, 3.63) is 0 Å². The Balaban J connectivity index is 2.17. The first-order chi connectivity index (χ1) is 8.56. The topological polar surface area (TPSA) is 24.5 Å². The number of nitrogens with one attached hydrogen (secondary N) is 1. The molecule has 1 saturated carbocycles. The second-order valence-electron chi connectivity index (χ2n) is 8.39. The molecule has 0 spiro atoms. The fourth-order valence-corrected chi connectivity index (χ4v) is 4.42. The third-order valence-corrected chi connectivity index (χ3v) is 4.81. The van der Waals surface area contributed by atoms with Gasteiger partial charge >= 0.3 is 0 Å². The first kappa shape index (κ1) is 15.3. The maximum Gasteiger partial charge on any atom is 0.0760 e. The lowest BCUT2D eigenvalue weighted by molar-refractivity contribution is -0.189. The van der Waals surface area contributed by atoms with Crippen LogP contribution >= 0.6 is 0 Å². The van der Waals surface area contributed by atoms with Crippen LogP contribution in [-0.2, 0) is 4.74 Å². The van der Waals surface area contributed by atoms with E-state index in [0.717, 1.165) is 13.1 Å². The summed E-state index contributed by atoms with van der Waals surface area (Å²) in [5.74, 6) is 0. The van der Waals surface area contributed by atoms with Crippen molar-refractivity contribution in [2.24, 2.45) is 5.41 Å². The second kappa shape index (κ2) is 4.71. The van der Waals surface area contributed by atoms with E-state index in [0.29, 0.717) is 17.5 Å². The third-order valence-electron chi connectivity index (χ3n) is 4.81. The number of ether oxygens (including phenoxy) is 1. The van der Waals surface area contributed by atoms with Gasteiger partial charge in [0, 0.05) is 25.2 Å². The number of morpholine rings is 1. The normalized spacial score (nSPS) is 37.4. The smallest absolute Gasteiger partial charge is 0.0760 e. The quantitative estimate of drug-likeness (QED) is 0.833. The second-order valence-corrected chi connectivity index (χ2v) is 8.39. The van der Waals surface area contributed by atoms with Crippen molar-refractivity contribution in [3.8, 4) is 0 Å². The minimum atomic E-state index is -0.0488. The summed E-state index contributed by atoms with van der Waals surface area (Å²) >= 11 is 0. The average Bonchev–Trinajstić information content (AvgIpc) is 2.48. The number of hydrogen-bond donors (Lipinski definition) is 1. The summed E-state index contributed by atoms with van der Waals surface area (Å²) < 4.78 is 6.21. The molecule has 2 fully saturated rings. The van der Waals surface area contributed by atoms with Gasteiger partial charge in [-0.3, -0.25) is 4.90 Å². The zero-order valence-electron chi connectivity index (χ0n) is 13.8. The molecule has 1 heterocycles. The predicted octanol–water partition coefficient (Wildman–Crippen LogP) is 2.65. The average molecular weight is 268 g/mol. The number of nitrogens with zero attached hydrogens (tertiary/aromatic N) is 1. The van der Waals surface area contributed by atoms with Crippen molar-refractivity contribution in [1.82, 2.24) is 10.2 Å². The molecule has 0 aromatic heterocycles. The van der Waals surface area contributed by atoms with Crippen LogP contribution in [0.1, 0.15) is 54.4 Å². The molecule has 2 unspecified atom stereocenters. The van der Waals surface area contributed by atoms with Crippen molar-refractivity contribution in [1.29, 1.82) is 0 Å². The fourth-order valence-electron chi connectivity index (χ4n) is 4.42. The van der Waals surface area contributed by atoms with Crippen LogP contribution in [0, 0.1) is 5.41 Å². The summed E-state index contributed by atoms with van der Waals surface area (Å²) in [5.41, 5.74) is 0.297. The van der Waals surface area contributed by atoms with Crippen LogP contribution in [0.3, 0.4) is 0 Å². The summed E-state index contributed by atoms with van der Waals surface area (Å²) in [6.45, 7) is 15.7. The van der Waals surface area contributed by atoms with Gasteiger partial charge in [0.05, 0.1) is 11.2 Å². The highest BCUT2D eigenvalue weighted by molar-refractivity contribution is 5.03. The molecule has 1 saturated heterocycles. The summed E-state index contributed by atoms with van der Waals surface area (Å²) in [4.78, 5) is 2.67. The van der Waals surface area contributed by atoms with E-state index in [4.69, 9.17) is 4.74 Å². The van der Waals surface area contributed by atoms with Gasteiger partial charge in [-0.25, -0.2) is 0 Å². The standard InChI is InChI=1S/C16H32N2O/c1-14(2)9-8-12(13(14)17-7)18-10-15(3,4)19-16(5,6)11-18/h12-13,17H,8-11H2,1-7H3. The monoisotopic (exact) mass is 268 g/mol. The lowest BCUT2D eigenvalue weighted by atomic mass is 9.85. The van der Waals surface area contributed by atoms with Crippen LogP contribution in [0.25, 0.3) is 0 Å². The molecule has 0 aromatic rings. The van der Waals surface area contributed by atoms with E-state index >= 15 is 0 Å². The third kappa shape index (κ3) is 3.14. The van der Waals surface area contributed by atoms with Gasteiger partial charge in [0.1, 0.15) is 0 Å². The van der Waals surface area contributed by atoms with Gasteiger partial charge in [0.25, 0.3) is 0 Å². The Morgan fingerprint density at radius 3 is 2.00 bits per heavy atom. The minimum absolute atomic E-state index is 0.0488. The molecule has 2 rings (SSSR count). The number of rotatable bonds is 2. The van der Waals surface area contributed by atoms with Crippen molar-refractivity contribution in [2.75, 3.05) is 20.1 Å². The molecule has 3 heteroatoms. The summed E-state index contributed by atoms with van der Waals surface area (Å²) in [5, 5.41) is 3.57. The highest BCUT2D eigenvalue weighted by atomic mass is 16.5. The summed E-state index contributed by atoms with van der Waals surface area (Å²) in [7, 11) is 2.11. The van der Waals surface area contributed by atoms with E-state index in [2.05, 4.69) is 58.8 Å². The fraction of sp³-hybridized carbons (Fsp3) is 1.00. The molecular weight excluding hydrogens is 236 g/mol. The summed E-state index contributed by atoms with van der Waals surface area (Å²) in [6, 6.07) is 1.22. The van der Waals surface area contributed by atoms with Gasteiger partial charge in [-0.2, -0.15) is 0 Å². The van der Waals surface area contributed by atoms with E-state index < -0.39 is 0 Å². The highest BCUT2D eigenvalue weighted by Gasteiger charge is 2.48. The molecule has 2 aliphatic rings. The van der Waals surface area contributed by atoms with E-state index in [1.54, 1.807) is 0 Å². The van der Waals surface area contributed by atoms with Gasteiger partial charge in [0.2, 0.25) is 0 Å². The molecule has 0 radical (unpaired) electrons. The van der Waals surface area contributed by atoms with E-state index in [1.807, 2.05) is 0 Å². The Kier molecular flexibility index (Phi) is 3.79. The lowest BCUT2D eigenvalue weighted by Crippen LogP contribution is -2.62. The maximum atomic E-state index is 6.21. The molecule has 0 aromatic carbocycles. The molecule has 2 atom stereocenters. The molecule has 112 valence electrons. The number of likely N-dealkylation sites (N-methyl/N-ethyl adjacent to an activating group) is 1. The Bertz CT molecular complexity index is 320. The van der Waals surface area contributed by atoms with Crippen LogP contribution < -0.4 is 5.32 Å². The van der Waals surface area contributed by atoms with Crippen molar-refractivity contribution < 1.29 is 4.74 Å². The predicted molar refractivity (Wildman–Crippen MR) is 80.5 cm³/mol. The number of hydrogen-bond acceptors (Lipinski definition) is 3. The van der Waals surface area contributed by atoms with Crippen molar-refractivity contribution in [3.63, 3.8) is 0 Å². The van der Waals surface area contributed by atoms with Gasteiger partial charge in [-0.1, -0.05) is 13.8 Å². The van der Waals surface area contributed by atoms with Crippen LogP contribution in [0.5, 0.6) is 0 Å². The largest absolute Gasteiger partial charge is 0.367 e. The van der Waals surface area contributed by atoms with Crippen LogP contribution in [0.4, 0.5) is 0 Å². The SMILES string of the molecule is CNC1C(N2CC(C)(C)OC(C)(C)C2)CCC1(C)C. The van der Waals surface area contributed by atoms with E-state index in [-0.39, 0.29) is 11.2 Å². The molecule has 1 N–H and O–H groups in total. The lowest BCUT2D eigenvalue weighted by Gasteiger charge is -2.50. The van der Waals surface area contributed by atoms with Gasteiger partial charge < -0.3 is 10.1 Å². The van der Waals surface area contributed by atoms with E-state index in [9.17, 15) is 0 Å². The first-order valence-corrected chi connectivity index (χ1v) is 7.68. The Morgan fingerprint density at radius 1 is 1.00 bits per heavy atom. The molecule has 0 bridgehead atoms. The maximum absolute atomic E-state index is 6.21. The molecule has 3 nitrogen and oxygen atoms in total. The molecule has 19 heavy (non-hydrogen) atoms. The van der Waals surface area contributed by atoms with Crippen LogP contribution in [0.15, 0.2) is 0 Å². The van der Waals surface area contributed by atoms with Gasteiger partial charge in [-0.15, -0.1) is 0 Å². The van der Waals surface area contributed by atoms with Crippen LogP contribution in [0.2, 0.25) is 0 Å². The van der Waals surface area contributed by atoms with Gasteiger partial charge in [0.15, 0.2) is 0 Å². The first-order valence-electron chi connectivity index (χ1n) is 7.68. The minimum Gasteiger partial charge on any atom is -0.367 e. The zero-order chi connectivity index (χ0) is 14.5. The van der Waals surface area contributed by atoms with E-state index in [1.165, 1.54) is 12.8 Å². The molecule has 0 amide bonds. The Morgan fingerprint density at radius 2 is 1.53 bits per heavy atom. The molecule has 1 aliphatic heterocycles. The Hall–Kier alpha value is -0.120. The zero-order valence-corrected chi connectivity index (χ0v) is 13.8. The van der Waals surface area contributed by atoms with Crippen molar-refractivity contribution in [2.45, 2.75) is 77.7 Å².